The van der Waals surface area contributed by atoms with Crippen LogP contribution < -0.4 is 0 Å². The van der Waals surface area contributed by atoms with Crippen LogP contribution in [0.4, 0.5) is 0 Å². The highest BCUT2D eigenvalue weighted by molar-refractivity contribution is 7.11. The van der Waals surface area contributed by atoms with Crippen molar-refractivity contribution in [3.63, 3.8) is 0 Å². The van der Waals surface area contributed by atoms with E-state index in [1.807, 2.05) is 16.2 Å². The van der Waals surface area contributed by atoms with Crippen molar-refractivity contribution in [2.75, 3.05) is 26.2 Å². The van der Waals surface area contributed by atoms with Gasteiger partial charge in [0.15, 0.2) is 0 Å². The van der Waals surface area contributed by atoms with Crippen LogP contribution in [-0.4, -0.2) is 41.9 Å². The number of hydrogen-bond acceptors (Lipinski definition) is 4. The fraction of sp³-hybridized carbons (Fsp3) is 0.471. The van der Waals surface area contributed by atoms with Crippen LogP contribution in [0.15, 0.2) is 35.1 Å². The predicted octanol–water partition coefficient (Wildman–Crippen LogP) is 3.00. The average Bonchev–Trinajstić information content (AvgIpc) is 3.17. The molecule has 2 aliphatic rings. The van der Waals surface area contributed by atoms with Gasteiger partial charge >= 0.3 is 0 Å². The molecule has 2 fully saturated rings. The summed E-state index contributed by atoms with van der Waals surface area (Å²) in [5.41, 5.74) is 0.994. The maximum Gasteiger partial charge on any atom is 0.257 e. The summed E-state index contributed by atoms with van der Waals surface area (Å²) < 4.78 is 5.02. The van der Waals surface area contributed by atoms with Crippen LogP contribution in [0, 0.1) is 12.3 Å². The third-order valence-electron chi connectivity index (χ3n) is 4.79. The summed E-state index contributed by atoms with van der Waals surface area (Å²) >= 11 is 1.88. The predicted molar refractivity (Wildman–Crippen MR) is 86.0 cm³/mol. The van der Waals surface area contributed by atoms with E-state index in [0.717, 1.165) is 39.1 Å². The molecule has 0 atom stereocenters. The van der Waals surface area contributed by atoms with E-state index < -0.39 is 0 Å². The summed E-state index contributed by atoms with van der Waals surface area (Å²) in [6.45, 7) is 7.18. The number of hydrogen-bond donors (Lipinski definition) is 0. The van der Waals surface area contributed by atoms with E-state index in [4.69, 9.17) is 4.42 Å². The molecular formula is C17H20N2O2S. The van der Waals surface area contributed by atoms with Crippen molar-refractivity contribution >= 4 is 17.2 Å². The molecule has 116 valence electrons. The molecule has 0 unspecified atom stereocenters. The quantitative estimate of drug-likeness (QED) is 0.873. The second-order valence-corrected chi connectivity index (χ2v) is 8.02. The molecule has 22 heavy (non-hydrogen) atoms. The standard InChI is InChI=1S/C17H20N2O2S/c1-13-2-3-15(22-13)8-18-10-17(11-18)5-6-19(12-17)16(20)14-4-7-21-9-14/h2-4,7,9H,5-6,8,10-12H2,1H3. The van der Waals surface area contributed by atoms with Gasteiger partial charge in [0.1, 0.15) is 6.26 Å². The molecule has 4 nitrogen and oxygen atoms in total. The van der Waals surface area contributed by atoms with Gasteiger partial charge in [-0.2, -0.15) is 0 Å². The number of amides is 1. The van der Waals surface area contributed by atoms with Crippen LogP contribution in [-0.2, 0) is 6.54 Å². The smallest absolute Gasteiger partial charge is 0.257 e. The van der Waals surface area contributed by atoms with Crippen LogP contribution in [0.3, 0.4) is 0 Å². The van der Waals surface area contributed by atoms with Crippen molar-refractivity contribution in [2.45, 2.75) is 19.9 Å². The molecule has 0 N–H and O–H groups in total. The van der Waals surface area contributed by atoms with Gasteiger partial charge in [-0.15, -0.1) is 11.3 Å². The summed E-state index contributed by atoms with van der Waals surface area (Å²) in [7, 11) is 0. The molecule has 0 bridgehead atoms. The second-order valence-electron chi connectivity index (χ2n) is 6.65. The molecule has 0 aromatic carbocycles. The van der Waals surface area contributed by atoms with Crippen LogP contribution in [0.2, 0.25) is 0 Å². The van der Waals surface area contributed by atoms with E-state index in [1.54, 1.807) is 18.6 Å². The summed E-state index contributed by atoms with van der Waals surface area (Å²) in [4.78, 5) is 19.7. The number of nitrogens with zero attached hydrogens (tertiary/aromatic N) is 2. The molecule has 5 heteroatoms. The number of carbonyl (C=O) groups is 1. The summed E-state index contributed by atoms with van der Waals surface area (Å²) in [5, 5.41) is 0. The minimum absolute atomic E-state index is 0.109. The monoisotopic (exact) mass is 316 g/mol. The highest BCUT2D eigenvalue weighted by Crippen LogP contribution is 2.41. The number of aryl methyl sites for hydroxylation is 1. The molecule has 4 heterocycles. The van der Waals surface area contributed by atoms with Crippen LogP contribution in [0.25, 0.3) is 0 Å². The van der Waals surface area contributed by atoms with Gasteiger partial charge in [-0.3, -0.25) is 9.69 Å². The largest absolute Gasteiger partial charge is 0.472 e. The Labute approximate surface area is 134 Å². The first-order chi connectivity index (χ1) is 10.6. The summed E-state index contributed by atoms with van der Waals surface area (Å²) in [5.74, 6) is 0.109. The Balaban J connectivity index is 1.33. The van der Waals surface area contributed by atoms with Crippen molar-refractivity contribution in [3.05, 3.63) is 46.0 Å². The average molecular weight is 316 g/mol. The Hall–Kier alpha value is -1.59. The first-order valence-electron chi connectivity index (χ1n) is 7.73. The maximum absolute atomic E-state index is 12.4. The summed E-state index contributed by atoms with van der Waals surface area (Å²) in [6.07, 6.45) is 4.23. The van der Waals surface area contributed by atoms with Gasteiger partial charge in [0.25, 0.3) is 5.91 Å². The Kier molecular flexibility index (Phi) is 3.35. The molecule has 4 rings (SSSR count). The van der Waals surface area contributed by atoms with E-state index in [2.05, 4.69) is 24.0 Å². The lowest BCUT2D eigenvalue weighted by molar-refractivity contribution is 0.00330. The van der Waals surface area contributed by atoms with Crippen molar-refractivity contribution in [1.29, 1.82) is 0 Å². The molecule has 2 saturated heterocycles. The zero-order valence-corrected chi connectivity index (χ0v) is 13.6. The van der Waals surface area contributed by atoms with Gasteiger partial charge in [0, 0.05) is 47.9 Å². The third kappa shape index (κ3) is 2.48. The van der Waals surface area contributed by atoms with E-state index >= 15 is 0 Å². The fourth-order valence-corrected chi connectivity index (χ4v) is 4.67. The third-order valence-corrected chi connectivity index (χ3v) is 5.77. The zero-order chi connectivity index (χ0) is 15.2. The number of carbonyl (C=O) groups excluding carboxylic acids is 1. The van der Waals surface area contributed by atoms with Crippen LogP contribution in [0.1, 0.15) is 26.5 Å². The summed E-state index contributed by atoms with van der Waals surface area (Å²) in [6, 6.07) is 6.17. The normalized spacial score (nSPS) is 20.5. The van der Waals surface area contributed by atoms with Gasteiger partial charge in [0.2, 0.25) is 0 Å². The van der Waals surface area contributed by atoms with Crippen molar-refractivity contribution in [3.8, 4) is 0 Å². The highest BCUT2D eigenvalue weighted by atomic mass is 32.1. The first kappa shape index (κ1) is 14.0. The lowest BCUT2D eigenvalue weighted by Crippen LogP contribution is -2.57. The molecule has 0 saturated carbocycles. The zero-order valence-electron chi connectivity index (χ0n) is 12.7. The molecule has 2 aromatic heterocycles. The van der Waals surface area contributed by atoms with E-state index in [-0.39, 0.29) is 5.91 Å². The first-order valence-corrected chi connectivity index (χ1v) is 8.54. The van der Waals surface area contributed by atoms with E-state index in [1.165, 1.54) is 9.75 Å². The molecule has 0 aliphatic carbocycles. The molecule has 0 radical (unpaired) electrons. The van der Waals surface area contributed by atoms with Gasteiger partial charge in [0.05, 0.1) is 11.8 Å². The molecule has 2 aromatic rings. The van der Waals surface area contributed by atoms with Gasteiger partial charge in [-0.05, 0) is 31.5 Å². The Morgan fingerprint density at radius 2 is 2.18 bits per heavy atom. The van der Waals surface area contributed by atoms with Gasteiger partial charge in [-0.1, -0.05) is 0 Å². The Morgan fingerprint density at radius 1 is 1.32 bits per heavy atom. The molecule has 2 aliphatic heterocycles. The lowest BCUT2D eigenvalue weighted by atomic mass is 9.79. The number of furan rings is 1. The van der Waals surface area contributed by atoms with Crippen molar-refractivity contribution in [1.82, 2.24) is 9.80 Å². The maximum atomic E-state index is 12.4. The van der Waals surface area contributed by atoms with Crippen LogP contribution >= 0.6 is 11.3 Å². The minimum atomic E-state index is 0.109. The van der Waals surface area contributed by atoms with Gasteiger partial charge in [-0.25, -0.2) is 0 Å². The minimum Gasteiger partial charge on any atom is -0.472 e. The number of rotatable bonds is 3. The Morgan fingerprint density at radius 3 is 2.86 bits per heavy atom. The molecule has 1 spiro atoms. The number of thiophene rings is 1. The SMILES string of the molecule is Cc1ccc(CN2CC3(CCN(C(=O)c4ccoc4)C3)C2)s1. The molecule has 1 amide bonds. The number of likely N-dealkylation sites (tertiary alicyclic amines) is 2. The van der Waals surface area contributed by atoms with Crippen LogP contribution in [0.5, 0.6) is 0 Å². The topological polar surface area (TPSA) is 36.7 Å². The molecular weight excluding hydrogens is 296 g/mol. The van der Waals surface area contributed by atoms with Crippen molar-refractivity contribution < 1.29 is 9.21 Å². The lowest BCUT2D eigenvalue weighted by Gasteiger charge is -2.48. The second kappa shape index (κ2) is 5.25. The fourth-order valence-electron chi connectivity index (χ4n) is 3.74. The van der Waals surface area contributed by atoms with E-state index in [9.17, 15) is 4.79 Å². The highest BCUT2D eigenvalue weighted by Gasteiger charge is 2.48. The Bertz CT molecular complexity index is 671. The van der Waals surface area contributed by atoms with Crippen molar-refractivity contribution in [2.24, 2.45) is 5.41 Å². The van der Waals surface area contributed by atoms with E-state index in [0.29, 0.717) is 11.0 Å². The van der Waals surface area contributed by atoms with Gasteiger partial charge < -0.3 is 9.32 Å².